The van der Waals surface area contributed by atoms with Crippen molar-refractivity contribution in [2.45, 2.75) is 6.92 Å². The van der Waals surface area contributed by atoms with Crippen molar-refractivity contribution in [1.82, 2.24) is 4.98 Å². The Balaban J connectivity index is 2.45. The summed E-state index contributed by atoms with van der Waals surface area (Å²) < 4.78 is 5.27. The molecule has 5 heteroatoms. The van der Waals surface area contributed by atoms with Gasteiger partial charge in [0.15, 0.2) is 11.5 Å². The topological polar surface area (TPSA) is 55.1 Å². The number of carbonyl (C=O) groups excluding carboxylic acids is 1. The molecule has 0 bridgehead atoms. The lowest BCUT2D eigenvalue weighted by Gasteiger charge is -1.98. The Morgan fingerprint density at radius 1 is 1.57 bits per heavy atom. The molecule has 0 spiro atoms. The highest BCUT2D eigenvalue weighted by Gasteiger charge is 2.03. The summed E-state index contributed by atoms with van der Waals surface area (Å²) in [7, 11) is 0. The van der Waals surface area contributed by atoms with E-state index in [0.717, 1.165) is 0 Å². The fourth-order valence-corrected chi connectivity index (χ4v) is 1.34. The molecule has 1 heterocycles. The predicted octanol–water partition coefficient (Wildman–Crippen LogP) is 2.91. The summed E-state index contributed by atoms with van der Waals surface area (Å²) in [4.78, 5) is 14.7. The van der Waals surface area contributed by atoms with Crippen molar-refractivity contribution >= 4 is 33.8 Å². The van der Waals surface area contributed by atoms with Gasteiger partial charge in [-0.2, -0.15) is 0 Å². The first-order valence-electron chi connectivity index (χ1n) is 3.99. The van der Waals surface area contributed by atoms with Crippen molar-refractivity contribution in [1.29, 1.82) is 0 Å². The first-order chi connectivity index (χ1) is 6.65. The van der Waals surface area contributed by atoms with Crippen LogP contribution in [0.4, 0.5) is 10.5 Å². The number of aryl methyl sites for hydroxylation is 1. The highest BCUT2D eigenvalue weighted by atomic mass is 35.5. The number of nitrogens with one attached hydrogen (secondary N) is 1. The summed E-state index contributed by atoms with van der Waals surface area (Å²) >= 11 is 5.17. The number of hydrogen-bond acceptors (Lipinski definition) is 3. The van der Waals surface area contributed by atoms with Crippen molar-refractivity contribution in [2.24, 2.45) is 0 Å². The molecular formula is C9H7ClN2O2. The van der Waals surface area contributed by atoms with Crippen LogP contribution >= 0.6 is 11.6 Å². The number of hydrogen-bond donors (Lipinski definition) is 1. The molecule has 0 aliphatic carbocycles. The molecule has 72 valence electrons. The van der Waals surface area contributed by atoms with Crippen LogP contribution in [0, 0.1) is 6.92 Å². The fourth-order valence-electron chi connectivity index (χ4n) is 1.23. The molecule has 1 aromatic heterocycles. The van der Waals surface area contributed by atoms with Crippen LogP contribution in [-0.2, 0) is 0 Å². The van der Waals surface area contributed by atoms with E-state index in [2.05, 4.69) is 10.3 Å². The van der Waals surface area contributed by atoms with Crippen LogP contribution in [-0.4, -0.2) is 10.4 Å². The zero-order valence-electron chi connectivity index (χ0n) is 7.37. The van der Waals surface area contributed by atoms with E-state index in [1.165, 1.54) is 0 Å². The maximum absolute atomic E-state index is 10.6. The van der Waals surface area contributed by atoms with Gasteiger partial charge in [0.05, 0.1) is 0 Å². The molecule has 14 heavy (non-hydrogen) atoms. The Morgan fingerprint density at radius 2 is 2.36 bits per heavy atom. The number of aromatic nitrogens is 1. The Bertz CT molecular complexity index is 493. The molecule has 0 saturated carbocycles. The van der Waals surface area contributed by atoms with Crippen LogP contribution in [0.15, 0.2) is 22.6 Å². The van der Waals surface area contributed by atoms with Gasteiger partial charge in [0.1, 0.15) is 5.52 Å². The third kappa shape index (κ3) is 1.70. The number of carbonyl (C=O) groups is 1. The number of halogens is 1. The van der Waals surface area contributed by atoms with Gasteiger partial charge >= 0.3 is 5.37 Å². The minimum absolute atomic E-state index is 0.592. The summed E-state index contributed by atoms with van der Waals surface area (Å²) in [5, 5.41) is 1.83. The summed E-state index contributed by atoms with van der Waals surface area (Å²) in [6.45, 7) is 1.76. The lowest BCUT2D eigenvalue weighted by atomic mass is 10.3. The number of fused-ring (bicyclic) bond motifs is 1. The second-order valence-electron chi connectivity index (χ2n) is 2.81. The van der Waals surface area contributed by atoms with E-state index in [1.807, 2.05) is 0 Å². The minimum Gasteiger partial charge on any atom is -0.441 e. The van der Waals surface area contributed by atoms with Gasteiger partial charge in [-0.1, -0.05) is 0 Å². The molecular weight excluding hydrogens is 204 g/mol. The maximum atomic E-state index is 10.6. The van der Waals surface area contributed by atoms with Gasteiger partial charge in [-0.15, -0.1) is 0 Å². The number of nitrogens with zero attached hydrogens (tertiary/aromatic N) is 1. The van der Waals surface area contributed by atoms with Gasteiger partial charge in [-0.25, -0.2) is 4.98 Å². The molecule has 0 atom stereocenters. The lowest BCUT2D eigenvalue weighted by molar-refractivity contribution is 0.269. The van der Waals surface area contributed by atoms with E-state index in [1.54, 1.807) is 25.1 Å². The molecule has 0 aliphatic heterocycles. The zero-order valence-corrected chi connectivity index (χ0v) is 8.13. The quantitative estimate of drug-likeness (QED) is 0.582. The second-order valence-corrected chi connectivity index (χ2v) is 3.16. The van der Waals surface area contributed by atoms with Crippen molar-refractivity contribution in [3.05, 3.63) is 24.1 Å². The summed E-state index contributed by atoms with van der Waals surface area (Å²) in [5.74, 6) is 0.592. The third-order valence-corrected chi connectivity index (χ3v) is 1.83. The number of oxazole rings is 1. The normalized spacial score (nSPS) is 10.4. The molecule has 2 aromatic rings. The number of amides is 1. The molecule has 1 N–H and O–H groups in total. The molecule has 0 saturated heterocycles. The Kier molecular flexibility index (Phi) is 2.13. The Morgan fingerprint density at radius 3 is 3.07 bits per heavy atom. The summed E-state index contributed by atoms with van der Waals surface area (Å²) in [5.41, 5.74) is 1.99. The second kappa shape index (κ2) is 3.31. The maximum Gasteiger partial charge on any atom is 0.318 e. The standard InChI is InChI=1S/C9H7ClN2O2/c1-5-11-7-4-6(12-9(10)13)2-3-8(7)14-5/h2-4H,1H3,(H,12,13). The molecule has 0 aliphatic rings. The average Bonchev–Trinajstić information content (AvgIpc) is 2.42. The van der Waals surface area contributed by atoms with Crippen LogP contribution in [0.2, 0.25) is 0 Å². The van der Waals surface area contributed by atoms with Gasteiger partial charge in [-0.3, -0.25) is 4.79 Å². The lowest BCUT2D eigenvalue weighted by Crippen LogP contribution is -2.00. The van der Waals surface area contributed by atoms with E-state index < -0.39 is 5.37 Å². The Hall–Kier alpha value is -1.55. The number of anilines is 1. The van der Waals surface area contributed by atoms with Crippen LogP contribution in [0.1, 0.15) is 5.89 Å². The number of benzene rings is 1. The molecule has 1 aromatic carbocycles. The van der Waals surface area contributed by atoms with E-state index in [0.29, 0.717) is 22.7 Å². The van der Waals surface area contributed by atoms with Gasteiger partial charge in [0, 0.05) is 12.6 Å². The van der Waals surface area contributed by atoms with Crippen molar-refractivity contribution < 1.29 is 9.21 Å². The van der Waals surface area contributed by atoms with Gasteiger partial charge in [-0.05, 0) is 29.8 Å². The largest absolute Gasteiger partial charge is 0.441 e. The SMILES string of the molecule is Cc1nc2cc(NC(=O)Cl)ccc2o1. The van der Waals surface area contributed by atoms with Crippen LogP contribution < -0.4 is 5.32 Å². The molecule has 1 amide bonds. The molecule has 4 nitrogen and oxygen atoms in total. The van der Waals surface area contributed by atoms with Gasteiger partial charge < -0.3 is 9.73 Å². The third-order valence-electron chi connectivity index (χ3n) is 1.74. The molecule has 0 radical (unpaired) electrons. The van der Waals surface area contributed by atoms with Crippen molar-refractivity contribution in [2.75, 3.05) is 5.32 Å². The van der Waals surface area contributed by atoms with Crippen LogP contribution in [0.5, 0.6) is 0 Å². The van der Waals surface area contributed by atoms with E-state index in [4.69, 9.17) is 16.0 Å². The van der Waals surface area contributed by atoms with Crippen molar-refractivity contribution in [3.63, 3.8) is 0 Å². The molecule has 0 unspecified atom stereocenters. The highest BCUT2D eigenvalue weighted by Crippen LogP contribution is 2.19. The summed E-state index contributed by atoms with van der Waals surface area (Å²) in [6.07, 6.45) is 0. The van der Waals surface area contributed by atoms with Gasteiger partial charge in [0.2, 0.25) is 0 Å². The van der Waals surface area contributed by atoms with E-state index in [9.17, 15) is 4.79 Å². The smallest absolute Gasteiger partial charge is 0.318 e. The minimum atomic E-state index is -0.621. The zero-order chi connectivity index (χ0) is 10.1. The van der Waals surface area contributed by atoms with Crippen LogP contribution in [0.3, 0.4) is 0 Å². The monoisotopic (exact) mass is 210 g/mol. The average molecular weight is 211 g/mol. The molecule has 0 fully saturated rings. The summed E-state index contributed by atoms with van der Waals surface area (Å²) in [6, 6.07) is 5.14. The highest BCUT2D eigenvalue weighted by molar-refractivity contribution is 6.65. The first-order valence-corrected chi connectivity index (χ1v) is 4.36. The number of rotatable bonds is 1. The van der Waals surface area contributed by atoms with Crippen molar-refractivity contribution in [3.8, 4) is 0 Å². The molecule has 2 rings (SSSR count). The predicted molar refractivity (Wildman–Crippen MR) is 53.6 cm³/mol. The van der Waals surface area contributed by atoms with E-state index >= 15 is 0 Å². The van der Waals surface area contributed by atoms with E-state index in [-0.39, 0.29) is 0 Å². The Labute approximate surface area is 84.9 Å². The fraction of sp³-hybridized carbons (Fsp3) is 0.111. The van der Waals surface area contributed by atoms with Crippen LogP contribution in [0.25, 0.3) is 11.1 Å². The van der Waals surface area contributed by atoms with Gasteiger partial charge in [0.25, 0.3) is 0 Å². The first kappa shape index (κ1) is 9.02.